The lowest BCUT2D eigenvalue weighted by molar-refractivity contribution is -0.120. The van der Waals surface area contributed by atoms with Gasteiger partial charge in [-0.05, 0) is 69.9 Å². The fourth-order valence-electron chi connectivity index (χ4n) is 3.91. The predicted molar refractivity (Wildman–Crippen MR) is 119 cm³/mol. The highest BCUT2D eigenvalue weighted by Crippen LogP contribution is 2.23. The molecule has 1 aromatic rings. The molecule has 0 saturated heterocycles. The van der Waals surface area contributed by atoms with E-state index in [0.717, 1.165) is 37.4 Å². The number of hydrogen-bond donors (Lipinski definition) is 3. The number of carbonyl (C=O) groups is 1. The second-order valence-corrected chi connectivity index (χ2v) is 7.52. The Hall–Kier alpha value is -2.67. The molecular formula is C22H32N6O. The van der Waals surface area contributed by atoms with Gasteiger partial charge in [-0.2, -0.15) is 5.10 Å². The summed E-state index contributed by atoms with van der Waals surface area (Å²) in [6.07, 6.45) is 10.6. The summed E-state index contributed by atoms with van der Waals surface area (Å²) in [5, 5.41) is 7.10. The van der Waals surface area contributed by atoms with Crippen molar-refractivity contribution < 1.29 is 4.79 Å². The number of aromatic nitrogens is 1. The van der Waals surface area contributed by atoms with Crippen LogP contribution in [0.1, 0.15) is 49.2 Å². The standard InChI is InChI=1S/C22H32N6O/c1-5-28(6-2)12-8-7-9-17-15(3)19(26-16(17)4)13-20-21(24-11-10-23-20)18-14-25-27-22(18)29/h10-11,13-14,18,23,26H,5-9,12H2,1-4H3,(H,27,29). The van der Waals surface area contributed by atoms with Gasteiger partial charge in [-0.25, -0.2) is 5.43 Å². The molecule has 7 nitrogen and oxygen atoms in total. The number of aliphatic imine (C=N–C) groups is 1. The highest BCUT2D eigenvalue weighted by molar-refractivity contribution is 6.24. The Balaban J connectivity index is 1.72. The van der Waals surface area contributed by atoms with Gasteiger partial charge in [0, 0.05) is 30.0 Å². The summed E-state index contributed by atoms with van der Waals surface area (Å²) >= 11 is 0. The number of rotatable bonds is 9. The number of unbranched alkanes of at least 4 members (excludes halogenated alkanes) is 1. The first kappa shape index (κ1) is 21.0. The lowest BCUT2D eigenvalue weighted by atomic mass is 9.99. The van der Waals surface area contributed by atoms with E-state index in [9.17, 15) is 4.79 Å². The zero-order chi connectivity index (χ0) is 20.8. The first-order chi connectivity index (χ1) is 14.0. The second kappa shape index (κ2) is 9.69. The molecule has 1 unspecified atom stereocenters. The Kier molecular flexibility index (Phi) is 7.04. The van der Waals surface area contributed by atoms with Crippen molar-refractivity contribution in [3.63, 3.8) is 0 Å². The normalized spacial score (nSPS) is 19.8. The molecule has 2 aliphatic rings. The van der Waals surface area contributed by atoms with E-state index in [2.05, 4.69) is 58.4 Å². The Morgan fingerprint density at radius 1 is 1.21 bits per heavy atom. The topological polar surface area (TPSA) is 84.9 Å². The zero-order valence-electron chi connectivity index (χ0n) is 17.9. The molecule has 3 heterocycles. The monoisotopic (exact) mass is 396 g/mol. The Bertz CT molecular complexity index is 857. The number of H-pyrrole nitrogens is 1. The van der Waals surface area contributed by atoms with Gasteiger partial charge in [0.1, 0.15) is 5.92 Å². The van der Waals surface area contributed by atoms with Crippen LogP contribution in [0.25, 0.3) is 6.08 Å². The van der Waals surface area contributed by atoms with Crippen LogP contribution in [-0.4, -0.2) is 47.4 Å². The molecule has 7 heteroatoms. The van der Waals surface area contributed by atoms with Crippen molar-refractivity contribution in [2.75, 3.05) is 19.6 Å². The summed E-state index contributed by atoms with van der Waals surface area (Å²) in [7, 11) is 0. The molecule has 0 spiro atoms. The average molecular weight is 397 g/mol. The third-order valence-corrected chi connectivity index (χ3v) is 5.74. The van der Waals surface area contributed by atoms with Crippen LogP contribution >= 0.6 is 0 Å². The van der Waals surface area contributed by atoms with E-state index in [1.165, 1.54) is 29.7 Å². The van der Waals surface area contributed by atoms with Crippen molar-refractivity contribution in [1.82, 2.24) is 20.6 Å². The summed E-state index contributed by atoms with van der Waals surface area (Å²) in [5.74, 6) is -0.616. The third kappa shape index (κ3) is 4.85. The molecule has 156 valence electrons. The maximum atomic E-state index is 12.0. The van der Waals surface area contributed by atoms with Gasteiger partial charge in [0.2, 0.25) is 0 Å². The molecule has 0 fully saturated rings. The molecule has 1 atom stereocenters. The van der Waals surface area contributed by atoms with Crippen LogP contribution in [0.15, 0.2) is 28.2 Å². The molecule has 0 aromatic carbocycles. The van der Waals surface area contributed by atoms with Gasteiger partial charge >= 0.3 is 0 Å². The minimum atomic E-state index is -0.463. The number of hydrogen-bond acceptors (Lipinski definition) is 5. The number of hydrazone groups is 1. The fourth-order valence-corrected chi connectivity index (χ4v) is 3.91. The summed E-state index contributed by atoms with van der Waals surface area (Å²) in [5.41, 5.74) is 8.90. The first-order valence-corrected chi connectivity index (χ1v) is 10.5. The van der Waals surface area contributed by atoms with Crippen molar-refractivity contribution in [1.29, 1.82) is 0 Å². The van der Waals surface area contributed by atoms with Crippen LogP contribution in [0, 0.1) is 19.8 Å². The van der Waals surface area contributed by atoms with Gasteiger partial charge in [0.25, 0.3) is 5.91 Å². The molecular weight excluding hydrogens is 364 g/mol. The molecule has 3 rings (SSSR count). The SMILES string of the molecule is CCN(CC)CCCCc1c(C)[nH]c(C=C2NC=CN=C2C2C=NNC2=O)c1C. The molecule has 0 bridgehead atoms. The maximum Gasteiger partial charge on any atom is 0.254 e. The van der Waals surface area contributed by atoms with E-state index >= 15 is 0 Å². The molecule has 3 N–H and O–H groups in total. The van der Waals surface area contributed by atoms with Gasteiger partial charge in [-0.15, -0.1) is 0 Å². The van der Waals surface area contributed by atoms with Gasteiger partial charge in [-0.3, -0.25) is 9.79 Å². The Morgan fingerprint density at radius 3 is 2.69 bits per heavy atom. The minimum absolute atomic E-state index is 0.153. The van der Waals surface area contributed by atoms with Gasteiger partial charge < -0.3 is 15.2 Å². The number of aromatic amines is 1. The second-order valence-electron chi connectivity index (χ2n) is 7.52. The smallest absolute Gasteiger partial charge is 0.254 e. The lowest BCUT2D eigenvalue weighted by Gasteiger charge is -2.17. The highest BCUT2D eigenvalue weighted by Gasteiger charge is 2.29. The lowest BCUT2D eigenvalue weighted by Crippen LogP contribution is -2.32. The van der Waals surface area contributed by atoms with Gasteiger partial charge in [0.15, 0.2) is 0 Å². The molecule has 0 radical (unpaired) electrons. The van der Waals surface area contributed by atoms with Crippen molar-refractivity contribution in [2.45, 2.75) is 47.0 Å². The van der Waals surface area contributed by atoms with Crippen LogP contribution in [0.5, 0.6) is 0 Å². The van der Waals surface area contributed by atoms with Gasteiger partial charge in [0.05, 0.1) is 11.4 Å². The molecule has 1 amide bonds. The van der Waals surface area contributed by atoms with Crippen molar-refractivity contribution in [3.05, 3.63) is 40.6 Å². The van der Waals surface area contributed by atoms with Crippen LogP contribution in [0.2, 0.25) is 0 Å². The van der Waals surface area contributed by atoms with E-state index in [1.54, 1.807) is 18.6 Å². The van der Waals surface area contributed by atoms with Crippen LogP contribution < -0.4 is 10.7 Å². The summed E-state index contributed by atoms with van der Waals surface area (Å²) in [6, 6.07) is 0. The number of aryl methyl sites for hydroxylation is 1. The summed E-state index contributed by atoms with van der Waals surface area (Å²) in [4.78, 5) is 22.4. The number of nitrogens with zero attached hydrogens (tertiary/aromatic N) is 3. The van der Waals surface area contributed by atoms with Crippen molar-refractivity contribution in [2.24, 2.45) is 16.0 Å². The van der Waals surface area contributed by atoms with E-state index in [4.69, 9.17) is 0 Å². The minimum Gasteiger partial charge on any atom is -0.359 e. The summed E-state index contributed by atoms with van der Waals surface area (Å²) in [6.45, 7) is 12.1. The van der Waals surface area contributed by atoms with E-state index in [0.29, 0.717) is 5.71 Å². The number of allylic oxidation sites excluding steroid dienone is 1. The molecule has 1 aromatic heterocycles. The number of nitrogens with one attached hydrogen (secondary N) is 3. The molecule has 29 heavy (non-hydrogen) atoms. The fraction of sp³-hybridized carbons (Fsp3) is 0.500. The number of amides is 1. The maximum absolute atomic E-state index is 12.0. The van der Waals surface area contributed by atoms with E-state index < -0.39 is 5.92 Å². The van der Waals surface area contributed by atoms with Crippen molar-refractivity contribution >= 4 is 23.9 Å². The van der Waals surface area contributed by atoms with Crippen LogP contribution in [0.3, 0.4) is 0 Å². The van der Waals surface area contributed by atoms with Crippen LogP contribution in [-0.2, 0) is 11.2 Å². The predicted octanol–water partition coefficient (Wildman–Crippen LogP) is 2.88. The van der Waals surface area contributed by atoms with Gasteiger partial charge in [-0.1, -0.05) is 13.8 Å². The Labute approximate surface area is 173 Å². The van der Waals surface area contributed by atoms with Crippen LogP contribution in [0.4, 0.5) is 0 Å². The largest absolute Gasteiger partial charge is 0.359 e. The molecule has 2 aliphatic heterocycles. The number of carbonyl (C=O) groups excluding carboxylic acids is 1. The zero-order valence-corrected chi connectivity index (χ0v) is 17.9. The molecule has 0 saturated carbocycles. The molecule has 0 aliphatic carbocycles. The highest BCUT2D eigenvalue weighted by atomic mass is 16.2. The average Bonchev–Trinajstić information content (AvgIpc) is 3.26. The quantitative estimate of drug-likeness (QED) is 0.561. The first-order valence-electron chi connectivity index (χ1n) is 10.5. The third-order valence-electron chi connectivity index (χ3n) is 5.74. The van der Waals surface area contributed by atoms with E-state index in [1.807, 2.05) is 6.08 Å². The Morgan fingerprint density at radius 2 is 2.00 bits per heavy atom. The summed E-state index contributed by atoms with van der Waals surface area (Å²) < 4.78 is 0. The van der Waals surface area contributed by atoms with Crippen molar-refractivity contribution in [3.8, 4) is 0 Å². The van der Waals surface area contributed by atoms with E-state index in [-0.39, 0.29) is 5.91 Å².